The minimum Gasteiger partial charge on any atom is -0.360 e. The maximum Gasteiger partial charge on any atom is 0.123 e. The Balaban J connectivity index is 2.08. The molecule has 0 N–H and O–H groups in total. The maximum atomic E-state index is 4.50. The second-order valence-corrected chi connectivity index (χ2v) is 4.26. The third kappa shape index (κ3) is 2.72. The third-order valence-corrected chi connectivity index (χ3v) is 2.82. The molecular weight excluding hydrogens is 196 g/mol. The molecular formula is C14H18N2. The number of likely N-dealkylation sites (N-methyl/N-ethyl adjacent to an activating group) is 1. The summed E-state index contributed by atoms with van der Waals surface area (Å²) >= 11 is 0. The highest BCUT2D eigenvalue weighted by Gasteiger charge is 2.06. The summed E-state index contributed by atoms with van der Waals surface area (Å²) < 4.78 is 0. The highest BCUT2D eigenvalue weighted by atomic mass is 15.2. The van der Waals surface area contributed by atoms with Gasteiger partial charge in [-0.15, -0.1) is 0 Å². The van der Waals surface area contributed by atoms with Gasteiger partial charge in [0.1, 0.15) is 5.84 Å². The van der Waals surface area contributed by atoms with Crippen molar-refractivity contribution in [2.24, 2.45) is 4.99 Å². The predicted molar refractivity (Wildman–Crippen MR) is 69.8 cm³/mol. The van der Waals surface area contributed by atoms with Crippen LogP contribution in [0.25, 0.3) is 6.08 Å². The summed E-state index contributed by atoms with van der Waals surface area (Å²) in [6.45, 7) is 4.17. The van der Waals surface area contributed by atoms with Crippen LogP contribution < -0.4 is 0 Å². The van der Waals surface area contributed by atoms with Crippen molar-refractivity contribution in [3.8, 4) is 0 Å². The average molecular weight is 214 g/mol. The van der Waals surface area contributed by atoms with Gasteiger partial charge in [0.2, 0.25) is 0 Å². The van der Waals surface area contributed by atoms with Crippen LogP contribution in [0.15, 0.2) is 35.3 Å². The zero-order valence-electron chi connectivity index (χ0n) is 9.98. The van der Waals surface area contributed by atoms with Gasteiger partial charge >= 0.3 is 0 Å². The number of hydrogen-bond acceptors (Lipinski definition) is 2. The topological polar surface area (TPSA) is 15.6 Å². The summed E-state index contributed by atoms with van der Waals surface area (Å²) in [5.41, 5.74) is 2.52. The zero-order valence-corrected chi connectivity index (χ0v) is 9.98. The fourth-order valence-corrected chi connectivity index (χ4v) is 1.77. The first-order valence-electron chi connectivity index (χ1n) is 5.76. The minimum atomic E-state index is 0.956. The summed E-state index contributed by atoms with van der Waals surface area (Å²) in [6.07, 6.45) is 5.39. The van der Waals surface area contributed by atoms with Gasteiger partial charge in [0.15, 0.2) is 0 Å². The molecule has 2 rings (SSSR count). The van der Waals surface area contributed by atoms with Crippen molar-refractivity contribution in [1.29, 1.82) is 0 Å². The van der Waals surface area contributed by atoms with Gasteiger partial charge in [0, 0.05) is 20.1 Å². The lowest BCUT2D eigenvalue weighted by Gasteiger charge is -2.22. The molecule has 84 valence electrons. The summed E-state index contributed by atoms with van der Waals surface area (Å²) in [6, 6.07) is 8.53. The Kier molecular flexibility index (Phi) is 3.40. The number of hydrogen-bond donors (Lipinski definition) is 0. The van der Waals surface area contributed by atoms with Crippen molar-refractivity contribution in [3.05, 3.63) is 41.5 Å². The Hall–Kier alpha value is -1.57. The third-order valence-electron chi connectivity index (χ3n) is 2.82. The number of aliphatic imine (C=N–C) groups is 1. The van der Waals surface area contributed by atoms with E-state index < -0.39 is 0 Å². The maximum absolute atomic E-state index is 4.50. The number of aryl methyl sites for hydroxylation is 1. The van der Waals surface area contributed by atoms with E-state index in [4.69, 9.17) is 0 Å². The molecule has 0 spiro atoms. The van der Waals surface area contributed by atoms with Crippen LogP contribution in [0.5, 0.6) is 0 Å². The van der Waals surface area contributed by atoms with Crippen molar-refractivity contribution >= 4 is 11.9 Å². The minimum absolute atomic E-state index is 0.956. The van der Waals surface area contributed by atoms with Crippen LogP contribution in [-0.4, -0.2) is 30.9 Å². The van der Waals surface area contributed by atoms with Gasteiger partial charge in [0.25, 0.3) is 0 Å². The van der Waals surface area contributed by atoms with Crippen LogP contribution in [0.4, 0.5) is 0 Å². The van der Waals surface area contributed by atoms with Gasteiger partial charge in [-0.05, 0) is 25.0 Å². The molecule has 0 fully saturated rings. The average Bonchev–Trinajstić information content (AvgIpc) is 2.30. The van der Waals surface area contributed by atoms with E-state index in [1.54, 1.807) is 0 Å². The molecule has 1 aliphatic rings. The molecule has 0 aliphatic carbocycles. The van der Waals surface area contributed by atoms with Crippen LogP contribution in [-0.2, 0) is 0 Å². The first kappa shape index (κ1) is 10.9. The lowest BCUT2D eigenvalue weighted by atomic mass is 10.1. The number of amidine groups is 1. The van der Waals surface area contributed by atoms with E-state index in [2.05, 4.69) is 60.3 Å². The summed E-state index contributed by atoms with van der Waals surface area (Å²) in [4.78, 5) is 6.70. The molecule has 0 saturated heterocycles. The fraction of sp³-hybridized carbons (Fsp3) is 0.357. The quantitative estimate of drug-likeness (QED) is 0.739. The molecule has 0 unspecified atom stereocenters. The van der Waals surface area contributed by atoms with Gasteiger partial charge in [-0.2, -0.15) is 0 Å². The first-order chi connectivity index (χ1) is 7.75. The van der Waals surface area contributed by atoms with E-state index in [9.17, 15) is 0 Å². The van der Waals surface area contributed by atoms with E-state index in [0.29, 0.717) is 0 Å². The summed E-state index contributed by atoms with van der Waals surface area (Å²) in [7, 11) is 2.09. The number of nitrogens with zero attached hydrogens (tertiary/aromatic N) is 2. The van der Waals surface area contributed by atoms with Crippen molar-refractivity contribution in [1.82, 2.24) is 4.90 Å². The second-order valence-electron chi connectivity index (χ2n) is 4.26. The lowest BCUT2D eigenvalue weighted by Crippen LogP contribution is -2.30. The van der Waals surface area contributed by atoms with E-state index in [1.807, 2.05) is 0 Å². The van der Waals surface area contributed by atoms with Gasteiger partial charge in [-0.1, -0.05) is 35.9 Å². The molecule has 0 saturated carbocycles. The molecule has 16 heavy (non-hydrogen) atoms. The van der Waals surface area contributed by atoms with Crippen LogP contribution in [0.1, 0.15) is 17.5 Å². The van der Waals surface area contributed by atoms with Gasteiger partial charge in [-0.25, -0.2) is 0 Å². The molecule has 0 bridgehead atoms. The molecule has 1 aromatic carbocycles. The Labute approximate surface area is 97.3 Å². The van der Waals surface area contributed by atoms with E-state index in [-0.39, 0.29) is 0 Å². The summed E-state index contributed by atoms with van der Waals surface area (Å²) in [5, 5.41) is 0. The largest absolute Gasteiger partial charge is 0.360 e. The van der Waals surface area contributed by atoms with E-state index >= 15 is 0 Å². The highest BCUT2D eigenvalue weighted by Crippen LogP contribution is 2.07. The van der Waals surface area contributed by atoms with Gasteiger partial charge < -0.3 is 4.90 Å². The normalized spacial score (nSPS) is 16.6. The Morgan fingerprint density at radius 3 is 2.62 bits per heavy atom. The number of benzene rings is 1. The summed E-state index contributed by atoms with van der Waals surface area (Å²) in [5.74, 6) is 1.09. The van der Waals surface area contributed by atoms with Gasteiger partial charge in [0.05, 0.1) is 0 Å². The second kappa shape index (κ2) is 4.97. The molecule has 1 aliphatic heterocycles. The standard InChI is InChI=1S/C14H18N2/c1-12-4-6-13(7-5-12)8-9-14-15-10-3-11-16(14)2/h4-9H,3,10-11H2,1-2H3/b9-8+. The van der Waals surface area contributed by atoms with Crippen molar-refractivity contribution in [2.75, 3.05) is 20.1 Å². The molecule has 1 heterocycles. The van der Waals surface area contributed by atoms with Crippen LogP contribution in [0, 0.1) is 6.92 Å². The monoisotopic (exact) mass is 214 g/mol. The predicted octanol–water partition coefficient (Wildman–Crippen LogP) is 2.74. The molecule has 0 atom stereocenters. The molecule has 2 heteroatoms. The van der Waals surface area contributed by atoms with Crippen molar-refractivity contribution < 1.29 is 0 Å². The Morgan fingerprint density at radius 1 is 1.19 bits per heavy atom. The molecule has 0 amide bonds. The zero-order chi connectivity index (χ0) is 11.4. The Morgan fingerprint density at radius 2 is 1.94 bits per heavy atom. The van der Waals surface area contributed by atoms with Crippen LogP contribution >= 0.6 is 0 Å². The lowest BCUT2D eigenvalue weighted by molar-refractivity contribution is 0.470. The van der Waals surface area contributed by atoms with Crippen molar-refractivity contribution in [3.63, 3.8) is 0 Å². The van der Waals surface area contributed by atoms with E-state index in [1.165, 1.54) is 17.5 Å². The molecule has 0 radical (unpaired) electrons. The van der Waals surface area contributed by atoms with E-state index in [0.717, 1.165) is 18.9 Å². The Bertz CT molecular complexity index is 401. The highest BCUT2D eigenvalue weighted by molar-refractivity contribution is 5.96. The molecule has 2 nitrogen and oxygen atoms in total. The molecule has 0 aromatic heterocycles. The van der Waals surface area contributed by atoms with Crippen LogP contribution in [0.2, 0.25) is 0 Å². The van der Waals surface area contributed by atoms with Crippen LogP contribution in [0.3, 0.4) is 0 Å². The number of rotatable bonds is 2. The SMILES string of the molecule is Cc1ccc(/C=C/C2=NCCCN2C)cc1. The molecule has 1 aromatic rings. The smallest absolute Gasteiger partial charge is 0.123 e. The van der Waals surface area contributed by atoms with Crippen molar-refractivity contribution in [2.45, 2.75) is 13.3 Å². The fourth-order valence-electron chi connectivity index (χ4n) is 1.77. The first-order valence-corrected chi connectivity index (χ1v) is 5.76. The van der Waals surface area contributed by atoms with Gasteiger partial charge in [-0.3, -0.25) is 4.99 Å².